The van der Waals surface area contributed by atoms with Gasteiger partial charge in [0.25, 0.3) is 12.9 Å². The molecule has 0 fully saturated rings. The van der Waals surface area contributed by atoms with Crippen LogP contribution in [0.4, 0.5) is 0 Å². The molecule has 0 bridgehead atoms. The number of hydrogen-bond donors (Lipinski definition) is 6. The van der Waals surface area contributed by atoms with Crippen LogP contribution in [0, 0.1) is 0 Å². The molecule has 2 aromatic carbocycles. The SMILES string of the molecule is CC(C)(CO)N=Cc1ccccc1O.CC(C)(CO)N=Cc1ccccc1O.CCO.CCO.COC=O.COC=O.O.O.[Ni].[Ni]. The predicted octanol–water partition coefficient (Wildman–Crippen LogP) is 1.09. The average Bonchev–Trinajstić information content (AvgIpc) is 2.98. The van der Waals surface area contributed by atoms with Gasteiger partial charge in [0, 0.05) is 69.8 Å². The Labute approximate surface area is 292 Å². The summed E-state index contributed by atoms with van der Waals surface area (Å²) in [7, 11) is 2.62. The number of hydrogen-bond acceptors (Lipinski definition) is 12. The Morgan fingerprint density at radius 3 is 1.02 bits per heavy atom. The number of ether oxygens (including phenoxy) is 2. The van der Waals surface area contributed by atoms with Gasteiger partial charge >= 0.3 is 0 Å². The standard InChI is InChI=1S/2C11H15NO2.2C2H4O2.2C2H6O.2Ni.2H2O/c2*1-11(2,8-13)12-7-9-5-3-4-6-10(9)14;2*1-4-2-3;2*1-2-3;;;;/h2*3-7,13-14H,8H2,1-2H3;2*2H,1H3;2*3H,2H2,1H3;;;2*1H2. The molecule has 0 spiro atoms. The molecule has 276 valence electrons. The van der Waals surface area contributed by atoms with Crippen molar-refractivity contribution in [3.05, 3.63) is 59.7 Å². The summed E-state index contributed by atoms with van der Waals surface area (Å²) in [5.74, 6) is 0.398. The number of aliphatic imine (C=N–C) groups is 2. The van der Waals surface area contributed by atoms with Gasteiger partial charge in [0.05, 0.1) is 38.5 Å². The Morgan fingerprint density at radius 2 is 0.848 bits per heavy atom. The Morgan fingerprint density at radius 1 is 0.630 bits per heavy atom. The number of aliphatic hydroxyl groups is 4. The van der Waals surface area contributed by atoms with Crippen LogP contribution >= 0.6 is 0 Å². The van der Waals surface area contributed by atoms with Crippen LogP contribution in [0.2, 0.25) is 0 Å². The van der Waals surface area contributed by atoms with Crippen LogP contribution in [0.1, 0.15) is 52.7 Å². The molecule has 2 aromatic rings. The van der Waals surface area contributed by atoms with Crippen molar-refractivity contribution < 1.29 is 93.6 Å². The molecule has 0 heterocycles. The number of aromatic hydroxyl groups is 2. The number of rotatable bonds is 8. The van der Waals surface area contributed by atoms with Gasteiger partial charge in [-0.05, 0) is 65.8 Å². The monoisotopic (exact) mass is 750 g/mol. The van der Waals surface area contributed by atoms with E-state index in [-0.39, 0.29) is 81.9 Å². The third-order valence-electron chi connectivity index (χ3n) is 3.95. The topological polar surface area (TPSA) is 262 Å². The molecule has 16 heteroatoms. The molecule has 0 aliphatic rings. The molecule has 0 aromatic heterocycles. The minimum Gasteiger partial charge on any atom is -0.507 e. The van der Waals surface area contributed by atoms with E-state index in [2.05, 4.69) is 19.5 Å². The second kappa shape index (κ2) is 42.1. The molecule has 0 aliphatic carbocycles. The summed E-state index contributed by atoms with van der Waals surface area (Å²) in [6.07, 6.45) is 3.15. The number of phenolic OH excluding ortho intramolecular Hbond substituents is 2. The van der Waals surface area contributed by atoms with Gasteiger partial charge in [0.2, 0.25) is 0 Å². The van der Waals surface area contributed by atoms with Crippen molar-refractivity contribution in [1.82, 2.24) is 0 Å². The first-order valence-electron chi connectivity index (χ1n) is 12.8. The molecule has 46 heavy (non-hydrogen) atoms. The van der Waals surface area contributed by atoms with E-state index in [9.17, 15) is 10.2 Å². The first-order valence-corrected chi connectivity index (χ1v) is 12.8. The van der Waals surface area contributed by atoms with Gasteiger partial charge in [0.15, 0.2) is 0 Å². The van der Waals surface area contributed by atoms with Crippen molar-refractivity contribution >= 4 is 25.4 Å². The van der Waals surface area contributed by atoms with Gasteiger partial charge in [-0.25, -0.2) is 0 Å². The van der Waals surface area contributed by atoms with Gasteiger partial charge in [-0.2, -0.15) is 0 Å². The average molecular weight is 752 g/mol. The van der Waals surface area contributed by atoms with E-state index in [0.29, 0.717) is 24.1 Å². The Bertz CT molecular complexity index is 903. The summed E-state index contributed by atoms with van der Waals surface area (Å²) in [5.41, 5.74) is 0.327. The first kappa shape index (κ1) is 62.0. The summed E-state index contributed by atoms with van der Waals surface area (Å²) in [6.45, 7) is 11.9. The zero-order valence-corrected chi connectivity index (χ0v) is 29.6. The number of aliphatic hydroxyl groups excluding tert-OH is 4. The molecule has 0 amide bonds. The van der Waals surface area contributed by atoms with E-state index in [1.54, 1.807) is 62.7 Å². The van der Waals surface area contributed by atoms with E-state index in [0.717, 1.165) is 0 Å². The van der Waals surface area contributed by atoms with Crippen LogP contribution in [0.15, 0.2) is 58.5 Å². The van der Waals surface area contributed by atoms with Crippen molar-refractivity contribution in [2.75, 3.05) is 40.6 Å². The minimum atomic E-state index is -0.498. The number of para-hydroxylation sites is 2. The van der Waals surface area contributed by atoms with Crippen molar-refractivity contribution in [3.63, 3.8) is 0 Å². The molecular weight excluding hydrogens is 698 g/mol. The van der Waals surface area contributed by atoms with Crippen LogP contribution in [0.5, 0.6) is 11.5 Å². The zero-order valence-electron chi connectivity index (χ0n) is 27.6. The maximum absolute atomic E-state index is 9.43. The number of nitrogens with zero attached hydrogens (tertiary/aromatic N) is 2. The fourth-order valence-corrected chi connectivity index (χ4v) is 1.76. The smallest absolute Gasteiger partial charge is 0.292 e. The van der Waals surface area contributed by atoms with Crippen molar-refractivity contribution in [1.29, 1.82) is 0 Å². The van der Waals surface area contributed by atoms with Gasteiger partial charge in [-0.1, -0.05) is 24.3 Å². The molecule has 0 radical (unpaired) electrons. The van der Waals surface area contributed by atoms with Crippen molar-refractivity contribution in [2.45, 2.75) is 52.6 Å². The second-order valence-electron chi connectivity index (χ2n) is 8.87. The normalized spacial score (nSPS) is 9.13. The molecule has 10 N–H and O–H groups in total. The number of carbonyl (C=O) groups is 2. The van der Waals surface area contributed by atoms with Crippen LogP contribution in [0.3, 0.4) is 0 Å². The largest absolute Gasteiger partial charge is 0.507 e. The second-order valence-corrected chi connectivity index (χ2v) is 8.87. The minimum absolute atomic E-state index is 0. The zero-order chi connectivity index (χ0) is 33.5. The third-order valence-corrected chi connectivity index (χ3v) is 3.95. The third kappa shape index (κ3) is 43.2. The number of benzene rings is 2. The molecule has 0 saturated carbocycles. The van der Waals surface area contributed by atoms with Gasteiger partial charge in [-0.3, -0.25) is 19.6 Å². The molecule has 0 saturated heterocycles. The van der Waals surface area contributed by atoms with Gasteiger partial charge in [0.1, 0.15) is 11.5 Å². The van der Waals surface area contributed by atoms with Crippen LogP contribution < -0.4 is 0 Å². The maximum Gasteiger partial charge on any atom is 0.292 e. The predicted molar refractivity (Wildman–Crippen MR) is 173 cm³/mol. The number of methoxy groups -OCH3 is 2. The summed E-state index contributed by atoms with van der Waals surface area (Å²) in [6, 6.07) is 13.9. The van der Waals surface area contributed by atoms with Crippen LogP contribution in [-0.4, -0.2) is 119 Å². The summed E-state index contributed by atoms with van der Waals surface area (Å²) in [4.78, 5) is 26.2. The first-order chi connectivity index (χ1) is 19.8. The van der Waals surface area contributed by atoms with Crippen molar-refractivity contribution in [2.24, 2.45) is 9.98 Å². The Hall–Kier alpha value is -2.93. The summed E-state index contributed by atoms with van der Waals surface area (Å²) < 4.78 is 7.72. The Kier molecular flexibility index (Phi) is 56.7. The van der Waals surface area contributed by atoms with Crippen LogP contribution in [-0.2, 0) is 52.0 Å². The molecule has 0 aliphatic heterocycles. The van der Waals surface area contributed by atoms with Crippen LogP contribution in [0.25, 0.3) is 0 Å². The summed E-state index contributed by atoms with van der Waals surface area (Å²) in [5, 5.41) is 51.9. The summed E-state index contributed by atoms with van der Waals surface area (Å²) >= 11 is 0. The molecule has 0 atom stereocenters. The molecular formula is C30H54N2Ni2O12. The van der Waals surface area contributed by atoms with E-state index in [1.165, 1.54) is 14.2 Å². The number of carbonyl (C=O) groups excluding carboxylic acids is 2. The van der Waals surface area contributed by atoms with E-state index < -0.39 is 11.1 Å². The van der Waals surface area contributed by atoms with Gasteiger partial charge < -0.3 is 51.1 Å². The number of phenols is 2. The quantitative estimate of drug-likeness (QED) is 0.127. The molecule has 0 unspecified atom stereocenters. The Balaban J connectivity index is -0.0000000704. The van der Waals surface area contributed by atoms with Gasteiger partial charge in [-0.15, -0.1) is 0 Å². The van der Waals surface area contributed by atoms with E-state index in [4.69, 9.17) is 30.0 Å². The maximum atomic E-state index is 9.43. The molecule has 14 nitrogen and oxygen atoms in total. The van der Waals surface area contributed by atoms with E-state index >= 15 is 0 Å². The van der Waals surface area contributed by atoms with E-state index in [1.807, 2.05) is 39.8 Å². The molecule has 2 rings (SSSR count). The fraction of sp³-hybridized carbons (Fsp3) is 0.467. The van der Waals surface area contributed by atoms with Crippen molar-refractivity contribution in [3.8, 4) is 11.5 Å². The fourth-order valence-electron chi connectivity index (χ4n) is 1.76.